The molecule has 0 N–H and O–H groups in total. The highest BCUT2D eigenvalue weighted by molar-refractivity contribution is 8.23. The van der Waals surface area contributed by atoms with Crippen molar-refractivity contribution in [3.8, 4) is 0 Å². The van der Waals surface area contributed by atoms with Crippen LogP contribution in [0.5, 0.6) is 0 Å². The number of rotatable bonds is 2. The Morgan fingerprint density at radius 2 is 2.57 bits per heavy atom. The number of furan rings is 1. The second kappa shape index (κ2) is 3.93. The molecule has 1 aromatic heterocycles. The zero-order valence-electron chi connectivity index (χ0n) is 7.04. The maximum atomic E-state index is 11.2. The van der Waals surface area contributed by atoms with E-state index in [0.29, 0.717) is 15.8 Å². The number of nitrogens with zero attached hydrogens (tertiary/aromatic N) is 2. The first-order valence-corrected chi connectivity index (χ1v) is 5.24. The maximum absolute atomic E-state index is 11.2. The summed E-state index contributed by atoms with van der Waals surface area (Å²) in [5, 5.41) is 5.14. The van der Waals surface area contributed by atoms with E-state index < -0.39 is 0 Å². The van der Waals surface area contributed by atoms with E-state index in [1.807, 2.05) is 0 Å². The molecule has 1 aliphatic heterocycles. The third-order valence-corrected chi connectivity index (χ3v) is 2.91. The van der Waals surface area contributed by atoms with Gasteiger partial charge in [0.1, 0.15) is 5.76 Å². The third kappa shape index (κ3) is 1.85. The predicted octanol–water partition coefficient (Wildman–Crippen LogP) is 1.47. The SMILES string of the molecule is O=C1CSC(=S)N1/N=C/c1ccco1. The highest BCUT2D eigenvalue weighted by atomic mass is 32.2. The largest absolute Gasteiger partial charge is 0.463 e. The molecule has 0 aliphatic carbocycles. The minimum Gasteiger partial charge on any atom is -0.463 e. The molecule has 14 heavy (non-hydrogen) atoms. The van der Waals surface area contributed by atoms with Crippen LogP contribution in [0.4, 0.5) is 0 Å². The summed E-state index contributed by atoms with van der Waals surface area (Å²) in [4.78, 5) is 11.2. The van der Waals surface area contributed by atoms with Crippen molar-refractivity contribution in [1.82, 2.24) is 5.01 Å². The summed E-state index contributed by atoms with van der Waals surface area (Å²) in [7, 11) is 0. The second-order valence-electron chi connectivity index (χ2n) is 2.52. The summed E-state index contributed by atoms with van der Waals surface area (Å²) in [6.45, 7) is 0. The van der Waals surface area contributed by atoms with Crippen LogP contribution >= 0.6 is 24.0 Å². The topological polar surface area (TPSA) is 45.8 Å². The van der Waals surface area contributed by atoms with Crippen LogP contribution in [0, 0.1) is 0 Å². The Morgan fingerprint density at radius 3 is 3.14 bits per heavy atom. The molecule has 1 amide bonds. The molecular weight excluding hydrogens is 220 g/mol. The molecule has 4 nitrogen and oxygen atoms in total. The van der Waals surface area contributed by atoms with Crippen molar-refractivity contribution in [3.05, 3.63) is 24.2 Å². The van der Waals surface area contributed by atoms with E-state index in [9.17, 15) is 4.79 Å². The zero-order chi connectivity index (χ0) is 9.97. The van der Waals surface area contributed by atoms with E-state index in [0.717, 1.165) is 0 Å². The molecule has 0 saturated carbocycles. The van der Waals surface area contributed by atoms with Crippen molar-refractivity contribution >= 4 is 40.4 Å². The highest BCUT2D eigenvalue weighted by Crippen LogP contribution is 2.19. The molecule has 0 aromatic carbocycles. The van der Waals surface area contributed by atoms with Crippen LogP contribution in [0.3, 0.4) is 0 Å². The molecule has 1 fully saturated rings. The number of amides is 1. The van der Waals surface area contributed by atoms with Gasteiger partial charge in [-0.15, -0.1) is 0 Å². The summed E-state index contributed by atoms with van der Waals surface area (Å²) in [6, 6.07) is 3.50. The number of hydrogen-bond acceptors (Lipinski definition) is 5. The predicted molar refractivity (Wildman–Crippen MR) is 58.2 cm³/mol. The fraction of sp³-hybridized carbons (Fsp3) is 0.125. The molecule has 2 heterocycles. The van der Waals surface area contributed by atoms with Gasteiger partial charge in [-0.3, -0.25) is 4.79 Å². The molecule has 72 valence electrons. The van der Waals surface area contributed by atoms with Crippen molar-refractivity contribution in [2.45, 2.75) is 0 Å². The first kappa shape index (κ1) is 9.42. The van der Waals surface area contributed by atoms with Crippen molar-refractivity contribution in [2.24, 2.45) is 5.10 Å². The standard InChI is InChI=1S/C8H6N2O2S2/c11-7-5-14-8(13)10(7)9-4-6-2-1-3-12-6/h1-4H,5H2/b9-4+. The minimum absolute atomic E-state index is 0.0946. The Bertz CT molecular complexity index is 370. The molecule has 0 bridgehead atoms. The Morgan fingerprint density at radius 1 is 1.71 bits per heavy atom. The van der Waals surface area contributed by atoms with Gasteiger partial charge < -0.3 is 4.42 Å². The van der Waals surface area contributed by atoms with E-state index in [1.165, 1.54) is 23.0 Å². The minimum atomic E-state index is -0.0946. The smallest absolute Gasteiger partial charge is 0.259 e. The Balaban J connectivity index is 2.10. The maximum Gasteiger partial charge on any atom is 0.259 e. The average molecular weight is 226 g/mol. The van der Waals surface area contributed by atoms with Crippen LogP contribution in [0.25, 0.3) is 0 Å². The fourth-order valence-electron chi connectivity index (χ4n) is 0.938. The number of carbonyl (C=O) groups is 1. The zero-order valence-corrected chi connectivity index (χ0v) is 8.68. The van der Waals surface area contributed by atoms with E-state index in [4.69, 9.17) is 16.6 Å². The molecule has 0 atom stereocenters. The average Bonchev–Trinajstić information content (AvgIpc) is 2.76. The van der Waals surface area contributed by atoms with E-state index in [-0.39, 0.29) is 5.91 Å². The molecule has 1 aromatic rings. The van der Waals surface area contributed by atoms with Gasteiger partial charge in [-0.1, -0.05) is 24.0 Å². The monoisotopic (exact) mass is 226 g/mol. The van der Waals surface area contributed by atoms with Crippen LogP contribution in [0.15, 0.2) is 27.9 Å². The normalized spacial score (nSPS) is 17.3. The lowest BCUT2D eigenvalue weighted by molar-refractivity contribution is -0.123. The number of thioether (sulfide) groups is 1. The lowest BCUT2D eigenvalue weighted by Gasteiger charge is -2.05. The molecular formula is C8H6N2O2S2. The van der Waals surface area contributed by atoms with Gasteiger partial charge in [-0.25, -0.2) is 0 Å². The molecule has 0 unspecified atom stereocenters. The van der Waals surface area contributed by atoms with Crippen molar-refractivity contribution in [1.29, 1.82) is 0 Å². The summed E-state index contributed by atoms with van der Waals surface area (Å²) >= 11 is 6.25. The third-order valence-electron chi connectivity index (χ3n) is 1.57. The van der Waals surface area contributed by atoms with Crippen LogP contribution in [0.1, 0.15) is 5.76 Å². The van der Waals surface area contributed by atoms with Crippen LogP contribution < -0.4 is 0 Å². The summed E-state index contributed by atoms with van der Waals surface area (Å²) in [5.41, 5.74) is 0. The first-order chi connectivity index (χ1) is 6.77. The van der Waals surface area contributed by atoms with Gasteiger partial charge in [0.15, 0.2) is 4.32 Å². The lowest BCUT2D eigenvalue weighted by Crippen LogP contribution is -2.22. The van der Waals surface area contributed by atoms with Gasteiger partial charge in [0.2, 0.25) is 0 Å². The van der Waals surface area contributed by atoms with Crippen molar-refractivity contribution < 1.29 is 9.21 Å². The molecule has 2 rings (SSSR count). The molecule has 6 heteroatoms. The molecule has 1 saturated heterocycles. The Hall–Kier alpha value is -1.14. The number of thiocarbonyl (C=S) groups is 1. The van der Waals surface area contributed by atoms with Gasteiger partial charge in [-0.05, 0) is 12.1 Å². The highest BCUT2D eigenvalue weighted by Gasteiger charge is 2.25. The van der Waals surface area contributed by atoms with E-state index in [1.54, 1.807) is 18.4 Å². The van der Waals surface area contributed by atoms with Gasteiger partial charge in [0, 0.05) is 0 Å². The summed E-state index contributed by atoms with van der Waals surface area (Å²) < 4.78 is 5.51. The number of hydrazone groups is 1. The van der Waals surface area contributed by atoms with Crippen molar-refractivity contribution in [2.75, 3.05) is 5.75 Å². The van der Waals surface area contributed by atoms with Gasteiger partial charge >= 0.3 is 0 Å². The summed E-state index contributed by atoms with van der Waals surface area (Å²) in [5.74, 6) is 0.870. The molecule has 0 radical (unpaired) electrons. The number of hydrogen-bond donors (Lipinski definition) is 0. The molecule has 0 spiro atoms. The number of carbonyl (C=O) groups excluding carboxylic acids is 1. The second-order valence-corrected chi connectivity index (χ2v) is 4.13. The Kier molecular flexibility index (Phi) is 2.64. The van der Waals surface area contributed by atoms with Gasteiger partial charge in [0.05, 0.1) is 18.2 Å². The fourth-order valence-corrected chi connectivity index (χ4v) is 1.90. The lowest BCUT2D eigenvalue weighted by atomic mass is 10.5. The quantitative estimate of drug-likeness (QED) is 0.566. The molecule has 1 aliphatic rings. The van der Waals surface area contributed by atoms with Crippen LogP contribution in [-0.2, 0) is 4.79 Å². The van der Waals surface area contributed by atoms with Crippen LogP contribution in [-0.4, -0.2) is 27.2 Å². The van der Waals surface area contributed by atoms with Gasteiger partial charge in [0.25, 0.3) is 5.91 Å². The Labute approximate surface area is 89.9 Å². The first-order valence-electron chi connectivity index (χ1n) is 3.84. The van der Waals surface area contributed by atoms with E-state index in [2.05, 4.69) is 5.10 Å². The van der Waals surface area contributed by atoms with Gasteiger partial charge in [-0.2, -0.15) is 10.1 Å². The summed E-state index contributed by atoms with van der Waals surface area (Å²) in [6.07, 6.45) is 3.01. The van der Waals surface area contributed by atoms with Crippen molar-refractivity contribution in [3.63, 3.8) is 0 Å². The van der Waals surface area contributed by atoms with E-state index >= 15 is 0 Å². The van der Waals surface area contributed by atoms with Crippen LogP contribution in [0.2, 0.25) is 0 Å².